The fourth-order valence-electron chi connectivity index (χ4n) is 2.79. The number of nitrogens with one attached hydrogen (secondary N) is 1. The second-order valence-electron chi connectivity index (χ2n) is 6.08. The molecule has 2 rings (SSSR count). The second kappa shape index (κ2) is 8.24. The van der Waals surface area contributed by atoms with Gasteiger partial charge in [-0.3, -0.25) is 13.8 Å². The van der Waals surface area contributed by atoms with Crippen molar-refractivity contribution in [2.75, 3.05) is 0 Å². The van der Waals surface area contributed by atoms with Crippen LogP contribution in [0.4, 0.5) is 0 Å². The zero-order chi connectivity index (χ0) is 16.8. The van der Waals surface area contributed by atoms with Gasteiger partial charge in [0.2, 0.25) is 11.8 Å². The molecule has 0 heterocycles. The van der Waals surface area contributed by atoms with Gasteiger partial charge in [0.1, 0.15) is 5.25 Å². The lowest BCUT2D eigenvalue weighted by Gasteiger charge is -2.24. The number of primary amides is 1. The van der Waals surface area contributed by atoms with Gasteiger partial charge in [0.05, 0.1) is 0 Å². The molecule has 5 nitrogen and oxygen atoms in total. The molecule has 1 saturated carbocycles. The van der Waals surface area contributed by atoms with Crippen LogP contribution in [0.2, 0.25) is 0 Å². The fraction of sp³-hybridized carbons (Fsp3) is 0.529. The van der Waals surface area contributed by atoms with Crippen molar-refractivity contribution in [3.05, 3.63) is 35.4 Å². The lowest BCUT2D eigenvalue weighted by molar-refractivity contribution is -0.121. The van der Waals surface area contributed by atoms with E-state index in [9.17, 15) is 13.8 Å². The highest BCUT2D eigenvalue weighted by molar-refractivity contribution is 7.85. The Balaban J connectivity index is 1.92. The van der Waals surface area contributed by atoms with Crippen LogP contribution in [0.3, 0.4) is 0 Å². The van der Waals surface area contributed by atoms with E-state index in [4.69, 9.17) is 5.73 Å². The van der Waals surface area contributed by atoms with Crippen molar-refractivity contribution < 1.29 is 13.8 Å². The summed E-state index contributed by atoms with van der Waals surface area (Å²) in [5.41, 5.74) is 6.38. The van der Waals surface area contributed by atoms with Crippen molar-refractivity contribution in [2.45, 2.75) is 56.1 Å². The molecule has 0 spiro atoms. The molecule has 0 radical (unpaired) electrons. The van der Waals surface area contributed by atoms with Crippen molar-refractivity contribution >= 4 is 22.6 Å². The number of rotatable bonds is 6. The molecule has 1 aliphatic rings. The monoisotopic (exact) mass is 336 g/mol. The van der Waals surface area contributed by atoms with E-state index in [1.54, 1.807) is 31.2 Å². The number of hydrogen-bond acceptors (Lipinski definition) is 3. The van der Waals surface area contributed by atoms with Gasteiger partial charge in [-0.2, -0.15) is 0 Å². The van der Waals surface area contributed by atoms with Gasteiger partial charge in [-0.05, 0) is 37.5 Å². The summed E-state index contributed by atoms with van der Waals surface area (Å²) in [7, 11) is -1.34. The van der Waals surface area contributed by atoms with Crippen LogP contribution in [0.15, 0.2) is 24.3 Å². The van der Waals surface area contributed by atoms with Gasteiger partial charge in [-0.15, -0.1) is 0 Å². The number of carbonyl (C=O) groups is 2. The SMILES string of the molecule is C[C@H](C(=O)NC1CCCCC1)[S@@](=O)Cc1cccc(C(N)=O)c1. The molecule has 0 aromatic heterocycles. The molecule has 0 aliphatic heterocycles. The summed E-state index contributed by atoms with van der Waals surface area (Å²) >= 11 is 0. The van der Waals surface area contributed by atoms with Crippen LogP contribution in [0.1, 0.15) is 54.9 Å². The Bertz CT molecular complexity index is 597. The first-order chi connectivity index (χ1) is 11.0. The lowest BCUT2D eigenvalue weighted by Crippen LogP contribution is -2.42. The van der Waals surface area contributed by atoms with Crippen molar-refractivity contribution in [1.29, 1.82) is 0 Å². The summed E-state index contributed by atoms with van der Waals surface area (Å²) in [4.78, 5) is 23.4. The summed E-state index contributed by atoms with van der Waals surface area (Å²) < 4.78 is 12.4. The Kier molecular flexibility index (Phi) is 6.33. The molecule has 0 unspecified atom stereocenters. The maximum atomic E-state index is 12.4. The van der Waals surface area contributed by atoms with Gasteiger partial charge >= 0.3 is 0 Å². The molecule has 1 aromatic rings. The molecule has 2 atom stereocenters. The topological polar surface area (TPSA) is 89.3 Å². The number of carbonyl (C=O) groups excluding carboxylic acids is 2. The standard InChI is InChI=1S/C17H24N2O3S/c1-12(17(21)19-15-8-3-2-4-9-15)23(22)11-13-6-5-7-14(10-13)16(18)20/h5-7,10,12,15H,2-4,8-9,11H2,1H3,(H2,18,20)(H,19,21)/t12-,23+/m1/s1. The predicted octanol–water partition coefficient (Wildman–Crippen LogP) is 1.87. The van der Waals surface area contributed by atoms with Crippen LogP contribution in [-0.2, 0) is 21.3 Å². The van der Waals surface area contributed by atoms with Crippen LogP contribution in [-0.4, -0.2) is 27.3 Å². The van der Waals surface area contributed by atoms with Crippen molar-refractivity contribution in [3.8, 4) is 0 Å². The number of hydrogen-bond donors (Lipinski definition) is 2. The first-order valence-corrected chi connectivity index (χ1v) is 9.42. The van der Waals surface area contributed by atoms with E-state index < -0.39 is 22.0 Å². The third-order valence-electron chi connectivity index (χ3n) is 4.24. The normalized spacial score (nSPS) is 18.1. The van der Waals surface area contributed by atoms with Crippen molar-refractivity contribution in [2.24, 2.45) is 5.73 Å². The van der Waals surface area contributed by atoms with E-state index in [1.165, 1.54) is 6.42 Å². The first-order valence-electron chi connectivity index (χ1n) is 8.03. The molecule has 6 heteroatoms. The van der Waals surface area contributed by atoms with Gasteiger partial charge in [0.25, 0.3) is 0 Å². The minimum atomic E-state index is -1.34. The predicted molar refractivity (Wildman–Crippen MR) is 91.3 cm³/mol. The van der Waals surface area contributed by atoms with Gasteiger partial charge < -0.3 is 11.1 Å². The van der Waals surface area contributed by atoms with Gasteiger partial charge in [0.15, 0.2) is 0 Å². The van der Waals surface area contributed by atoms with E-state index in [0.717, 1.165) is 31.2 Å². The van der Waals surface area contributed by atoms with Gasteiger partial charge in [0, 0.05) is 28.2 Å². The first kappa shape index (κ1) is 17.7. The molecule has 1 aromatic carbocycles. The van der Waals surface area contributed by atoms with Crippen molar-refractivity contribution in [1.82, 2.24) is 5.32 Å². The summed E-state index contributed by atoms with van der Waals surface area (Å²) in [6.45, 7) is 1.69. The van der Waals surface area contributed by atoms with Crippen LogP contribution < -0.4 is 11.1 Å². The number of amides is 2. The van der Waals surface area contributed by atoms with Crippen LogP contribution in [0.5, 0.6) is 0 Å². The largest absolute Gasteiger partial charge is 0.366 e. The molecule has 1 aliphatic carbocycles. The molecule has 0 saturated heterocycles. The highest BCUT2D eigenvalue weighted by Crippen LogP contribution is 2.18. The van der Waals surface area contributed by atoms with E-state index in [1.807, 2.05) is 0 Å². The molecule has 3 N–H and O–H groups in total. The van der Waals surface area contributed by atoms with E-state index >= 15 is 0 Å². The Hall–Kier alpha value is -1.69. The summed E-state index contributed by atoms with van der Waals surface area (Å²) in [6.07, 6.45) is 5.52. The summed E-state index contributed by atoms with van der Waals surface area (Å²) in [5, 5.41) is 2.43. The third kappa shape index (κ3) is 5.16. The summed E-state index contributed by atoms with van der Waals surface area (Å²) in [6, 6.07) is 6.96. The Morgan fingerprint density at radius 1 is 1.30 bits per heavy atom. The molecule has 126 valence electrons. The minimum absolute atomic E-state index is 0.152. The van der Waals surface area contributed by atoms with Crippen LogP contribution >= 0.6 is 0 Å². The Morgan fingerprint density at radius 2 is 2.00 bits per heavy atom. The van der Waals surface area contributed by atoms with Gasteiger partial charge in [-0.25, -0.2) is 0 Å². The zero-order valence-electron chi connectivity index (χ0n) is 13.4. The molecule has 23 heavy (non-hydrogen) atoms. The molecule has 2 amide bonds. The van der Waals surface area contributed by atoms with E-state index in [2.05, 4.69) is 5.32 Å². The smallest absolute Gasteiger partial charge is 0.248 e. The maximum Gasteiger partial charge on any atom is 0.248 e. The highest BCUT2D eigenvalue weighted by atomic mass is 32.2. The molecule has 1 fully saturated rings. The average Bonchev–Trinajstić information content (AvgIpc) is 2.55. The van der Waals surface area contributed by atoms with Crippen molar-refractivity contribution in [3.63, 3.8) is 0 Å². The highest BCUT2D eigenvalue weighted by Gasteiger charge is 2.23. The van der Waals surface area contributed by atoms with Crippen LogP contribution in [0, 0.1) is 0 Å². The zero-order valence-corrected chi connectivity index (χ0v) is 14.2. The lowest BCUT2D eigenvalue weighted by atomic mass is 9.95. The maximum absolute atomic E-state index is 12.4. The molecule has 0 bridgehead atoms. The number of benzene rings is 1. The van der Waals surface area contributed by atoms with Gasteiger partial charge in [-0.1, -0.05) is 31.4 Å². The van der Waals surface area contributed by atoms with E-state index in [0.29, 0.717) is 5.56 Å². The second-order valence-corrected chi connectivity index (χ2v) is 7.83. The Morgan fingerprint density at radius 3 is 2.65 bits per heavy atom. The van der Waals surface area contributed by atoms with E-state index in [-0.39, 0.29) is 17.7 Å². The minimum Gasteiger partial charge on any atom is -0.366 e. The average molecular weight is 336 g/mol. The molecular weight excluding hydrogens is 312 g/mol. The summed E-state index contributed by atoms with van der Waals surface area (Å²) in [5.74, 6) is -0.428. The molecular formula is C17H24N2O3S. The fourth-order valence-corrected chi connectivity index (χ4v) is 3.85. The Labute approximate surface area is 139 Å². The quantitative estimate of drug-likeness (QED) is 0.831. The van der Waals surface area contributed by atoms with Crippen LogP contribution in [0.25, 0.3) is 0 Å². The third-order valence-corrected chi connectivity index (χ3v) is 5.86. The number of nitrogens with two attached hydrogens (primary N) is 1.